The first-order valence-corrected chi connectivity index (χ1v) is 8.53. The molecule has 134 valence electrons. The highest BCUT2D eigenvalue weighted by Gasteiger charge is 2.33. The van der Waals surface area contributed by atoms with Gasteiger partial charge in [0, 0.05) is 17.7 Å². The van der Waals surface area contributed by atoms with Crippen LogP contribution in [-0.2, 0) is 0 Å². The lowest BCUT2D eigenvalue weighted by Gasteiger charge is -2.35. The predicted molar refractivity (Wildman–Crippen MR) is 92.1 cm³/mol. The predicted octanol–water partition coefficient (Wildman–Crippen LogP) is 2.12. The fraction of sp³-hybridized carbons (Fsp3) is 0.333. The van der Waals surface area contributed by atoms with E-state index < -0.39 is 6.10 Å². The SMILES string of the molecule is C[C@@H](O)c1cn(C2CC(NC(=O)c3cc(-c4ccccc4)no3)C2)nn1. The third-order valence-corrected chi connectivity index (χ3v) is 4.58. The molecule has 2 N–H and O–H groups in total. The summed E-state index contributed by atoms with van der Waals surface area (Å²) in [5.74, 6) is -0.0733. The molecule has 1 amide bonds. The van der Waals surface area contributed by atoms with Gasteiger partial charge in [0.1, 0.15) is 11.4 Å². The Bertz CT molecular complexity index is 896. The van der Waals surface area contributed by atoms with Crippen LogP contribution in [0.1, 0.15) is 48.2 Å². The molecule has 1 aromatic carbocycles. The van der Waals surface area contributed by atoms with Gasteiger partial charge in [-0.15, -0.1) is 5.10 Å². The number of nitrogens with one attached hydrogen (secondary N) is 1. The van der Waals surface area contributed by atoms with Crippen LogP contribution in [0.2, 0.25) is 0 Å². The molecule has 1 fully saturated rings. The number of benzene rings is 1. The minimum atomic E-state index is -0.635. The van der Waals surface area contributed by atoms with Gasteiger partial charge in [0.25, 0.3) is 5.91 Å². The van der Waals surface area contributed by atoms with Crippen LogP contribution < -0.4 is 5.32 Å². The summed E-state index contributed by atoms with van der Waals surface area (Å²) < 4.78 is 6.92. The highest BCUT2D eigenvalue weighted by molar-refractivity contribution is 5.92. The second-order valence-electron chi connectivity index (χ2n) is 6.54. The Hall–Kier alpha value is -3.00. The van der Waals surface area contributed by atoms with E-state index in [1.165, 1.54) is 0 Å². The van der Waals surface area contributed by atoms with Crippen molar-refractivity contribution in [1.82, 2.24) is 25.5 Å². The Morgan fingerprint density at radius 1 is 1.35 bits per heavy atom. The van der Waals surface area contributed by atoms with Crippen molar-refractivity contribution in [1.29, 1.82) is 0 Å². The first-order valence-electron chi connectivity index (χ1n) is 8.53. The van der Waals surface area contributed by atoms with Crippen molar-refractivity contribution in [2.24, 2.45) is 0 Å². The Kier molecular flexibility index (Phi) is 4.26. The summed E-state index contributed by atoms with van der Waals surface area (Å²) in [4.78, 5) is 12.3. The van der Waals surface area contributed by atoms with E-state index in [0.717, 1.165) is 18.4 Å². The zero-order valence-corrected chi connectivity index (χ0v) is 14.2. The average molecular weight is 353 g/mol. The number of aliphatic hydroxyl groups is 1. The summed E-state index contributed by atoms with van der Waals surface area (Å²) >= 11 is 0. The third kappa shape index (κ3) is 3.23. The normalized spacial score (nSPS) is 20.4. The largest absolute Gasteiger partial charge is 0.387 e. The van der Waals surface area contributed by atoms with Gasteiger partial charge < -0.3 is 14.9 Å². The van der Waals surface area contributed by atoms with Gasteiger partial charge in [-0.2, -0.15) is 0 Å². The highest BCUT2D eigenvalue weighted by atomic mass is 16.5. The van der Waals surface area contributed by atoms with E-state index in [1.54, 1.807) is 23.9 Å². The van der Waals surface area contributed by atoms with Crippen molar-refractivity contribution < 1.29 is 14.4 Å². The van der Waals surface area contributed by atoms with Crippen molar-refractivity contribution in [2.75, 3.05) is 0 Å². The monoisotopic (exact) mass is 353 g/mol. The van der Waals surface area contributed by atoms with Crippen LogP contribution in [0.4, 0.5) is 0 Å². The molecule has 1 aliphatic rings. The minimum Gasteiger partial charge on any atom is -0.387 e. The number of amides is 1. The Balaban J connectivity index is 1.33. The molecule has 0 bridgehead atoms. The van der Waals surface area contributed by atoms with Crippen LogP contribution in [0.25, 0.3) is 11.3 Å². The molecular formula is C18H19N5O3. The maximum atomic E-state index is 12.3. The summed E-state index contributed by atoms with van der Waals surface area (Å²) in [7, 11) is 0. The molecule has 1 saturated carbocycles. The number of rotatable bonds is 5. The number of hydrogen-bond acceptors (Lipinski definition) is 6. The summed E-state index contributed by atoms with van der Waals surface area (Å²) in [5, 5.41) is 24.4. The molecule has 0 saturated heterocycles. The van der Waals surface area contributed by atoms with Gasteiger partial charge in [-0.3, -0.25) is 4.79 Å². The van der Waals surface area contributed by atoms with Gasteiger partial charge >= 0.3 is 0 Å². The molecule has 3 aromatic rings. The smallest absolute Gasteiger partial charge is 0.290 e. The van der Waals surface area contributed by atoms with E-state index >= 15 is 0 Å². The molecule has 1 atom stereocenters. The van der Waals surface area contributed by atoms with Crippen molar-refractivity contribution in [3.05, 3.63) is 54.0 Å². The number of aromatic nitrogens is 4. The lowest BCUT2D eigenvalue weighted by atomic mass is 9.87. The van der Waals surface area contributed by atoms with Gasteiger partial charge in [-0.05, 0) is 19.8 Å². The zero-order chi connectivity index (χ0) is 18.1. The number of carbonyl (C=O) groups is 1. The van der Waals surface area contributed by atoms with Gasteiger partial charge in [0.05, 0.1) is 18.3 Å². The highest BCUT2D eigenvalue weighted by Crippen LogP contribution is 2.32. The van der Waals surface area contributed by atoms with Gasteiger partial charge in [-0.1, -0.05) is 40.7 Å². The Morgan fingerprint density at radius 3 is 2.81 bits per heavy atom. The molecule has 0 radical (unpaired) electrons. The van der Waals surface area contributed by atoms with Crippen molar-refractivity contribution in [3.63, 3.8) is 0 Å². The van der Waals surface area contributed by atoms with Crippen LogP contribution in [-0.4, -0.2) is 37.2 Å². The molecule has 2 aromatic heterocycles. The second-order valence-corrected chi connectivity index (χ2v) is 6.54. The third-order valence-electron chi connectivity index (χ3n) is 4.58. The van der Waals surface area contributed by atoms with Crippen LogP contribution in [0.3, 0.4) is 0 Å². The lowest BCUT2D eigenvalue weighted by Crippen LogP contribution is -2.45. The van der Waals surface area contributed by atoms with Crippen LogP contribution in [0.15, 0.2) is 47.1 Å². The van der Waals surface area contributed by atoms with E-state index in [0.29, 0.717) is 11.4 Å². The van der Waals surface area contributed by atoms with E-state index in [2.05, 4.69) is 20.8 Å². The summed E-state index contributed by atoms with van der Waals surface area (Å²) in [6.45, 7) is 1.65. The summed E-state index contributed by atoms with van der Waals surface area (Å²) in [6.07, 6.45) is 2.63. The lowest BCUT2D eigenvalue weighted by molar-refractivity contribution is 0.0850. The summed E-state index contributed by atoms with van der Waals surface area (Å²) in [5.41, 5.74) is 2.09. The Labute approximate surface area is 149 Å². The molecule has 4 rings (SSSR count). The molecule has 8 nitrogen and oxygen atoms in total. The number of aliphatic hydroxyl groups excluding tert-OH is 1. The average Bonchev–Trinajstić information content (AvgIpc) is 3.28. The molecule has 0 spiro atoms. The van der Waals surface area contributed by atoms with Crippen molar-refractivity contribution >= 4 is 5.91 Å². The van der Waals surface area contributed by atoms with Gasteiger partial charge in [0.15, 0.2) is 0 Å². The number of hydrogen-bond donors (Lipinski definition) is 2. The number of carbonyl (C=O) groups excluding carboxylic acids is 1. The standard InChI is InChI=1S/C18H19N5O3/c1-11(24)16-10-23(22-20-16)14-7-13(8-14)19-18(25)17-9-15(21-26-17)12-5-3-2-4-6-12/h2-6,9-11,13-14,24H,7-8H2,1H3,(H,19,25)/t11-,13?,14?/m1/s1. The zero-order valence-electron chi connectivity index (χ0n) is 14.2. The van der Waals surface area contributed by atoms with Gasteiger partial charge in [-0.25, -0.2) is 4.68 Å². The van der Waals surface area contributed by atoms with E-state index in [-0.39, 0.29) is 23.8 Å². The van der Waals surface area contributed by atoms with E-state index in [9.17, 15) is 9.90 Å². The fourth-order valence-electron chi connectivity index (χ4n) is 2.97. The minimum absolute atomic E-state index is 0.0528. The van der Waals surface area contributed by atoms with E-state index in [4.69, 9.17) is 4.52 Å². The molecular weight excluding hydrogens is 334 g/mol. The maximum absolute atomic E-state index is 12.3. The fourth-order valence-corrected chi connectivity index (χ4v) is 2.97. The quantitative estimate of drug-likeness (QED) is 0.728. The molecule has 0 aliphatic heterocycles. The van der Waals surface area contributed by atoms with Crippen molar-refractivity contribution in [2.45, 2.75) is 38.0 Å². The number of nitrogens with zero attached hydrogens (tertiary/aromatic N) is 4. The van der Waals surface area contributed by atoms with Crippen molar-refractivity contribution in [3.8, 4) is 11.3 Å². The Morgan fingerprint density at radius 2 is 2.12 bits per heavy atom. The maximum Gasteiger partial charge on any atom is 0.290 e. The van der Waals surface area contributed by atoms with E-state index in [1.807, 2.05) is 30.3 Å². The summed E-state index contributed by atoms with van der Waals surface area (Å²) in [6, 6.07) is 11.4. The first-order chi connectivity index (χ1) is 12.6. The topological polar surface area (TPSA) is 106 Å². The molecule has 8 heteroatoms. The van der Waals surface area contributed by atoms with Gasteiger partial charge in [0.2, 0.25) is 5.76 Å². The van der Waals surface area contributed by atoms with Crippen LogP contribution in [0, 0.1) is 0 Å². The van der Waals surface area contributed by atoms with Crippen LogP contribution in [0.5, 0.6) is 0 Å². The second kappa shape index (κ2) is 6.72. The molecule has 2 heterocycles. The molecule has 0 unspecified atom stereocenters. The first kappa shape index (κ1) is 16.5. The molecule has 1 aliphatic carbocycles. The molecule has 26 heavy (non-hydrogen) atoms. The van der Waals surface area contributed by atoms with Crippen LogP contribution >= 0.6 is 0 Å².